The van der Waals surface area contributed by atoms with E-state index in [0.717, 1.165) is 112 Å². The summed E-state index contributed by atoms with van der Waals surface area (Å²) in [6, 6.07) is 32.4. The van der Waals surface area contributed by atoms with Gasteiger partial charge < -0.3 is 24.5 Å². The van der Waals surface area contributed by atoms with E-state index in [-0.39, 0.29) is 5.57 Å². The van der Waals surface area contributed by atoms with Crippen LogP contribution >= 0.6 is 0 Å². The van der Waals surface area contributed by atoms with E-state index in [4.69, 9.17) is 19.4 Å². The van der Waals surface area contributed by atoms with E-state index in [9.17, 15) is 15.2 Å². The van der Waals surface area contributed by atoms with Crippen LogP contribution in [-0.2, 0) is 4.79 Å². The number of aryl methyl sites for hydroxylation is 6. The van der Waals surface area contributed by atoms with Crippen molar-refractivity contribution in [2.45, 2.75) is 41.5 Å². The highest BCUT2D eigenvalue weighted by Crippen LogP contribution is 2.43. The summed E-state index contributed by atoms with van der Waals surface area (Å²) in [6.07, 6.45) is 9.67. The Kier molecular flexibility index (Phi) is 10.9. The Labute approximate surface area is 377 Å². The third-order valence-corrected chi connectivity index (χ3v) is 12.1. The molecule has 3 aromatic heterocycles. The van der Waals surface area contributed by atoms with Gasteiger partial charge in [-0.2, -0.15) is 5.26 Å². The van der Waals surface area contributed by atoms with Crippen molar-refractivity contribution in [1.29, 1.82) is 5.26 Å². The Hall–Kier alpha value is -8.22. The van der Waals surface area contributed by atoms with Crippen LogP contribution in [0.25, 0.3) is 97.0 Å². The minimum absolute atomic E-state index is 0.343. The fourth-order valence-electron chi connectivity index (χ4n) is 9.53. The molecule has 0 fully saturated rings. The first-order chi connectivity index (χ1) is 31.3. The van der Waals surface area contributed by atoms with E-state index in [1.807, 2.05) is 42.5 Å². The maximum absolute atomic E-state index is 11.7. The number of benzene rings is 4. The number of aromatic nitrogens is 4. The van der Waals surface area contributed by atoms with Crippen molar-refractivity contribution in [3.63, 3.8) is 0 Å². The lowest BCUT2D eigenvalue weighted by atomic mass is 9.92. The SMILES string of the molecule is COc1ccc(OC)c(-c2c3nc(c(-c4c(C)cc(C)cc4C)c4ccc([nH]4)c(-c4ccc(/C=C(/C#N)C(=O)O)cc4)c4nc(c(-c5c(C)cc(C)cc5C)c5ccc2[nH]5)C=C4)C=C3)c1. The van der Waals surface area contributed by atoms with Crippen LogP contribution in [0, 0.1) is 52.9 Å². The maximum atomic E-state index is 11.7. The van der Waals surface area contributed by atoms with Gasteiger partial charge in [0.25, 0.3) is 0 Å². The van der Waals surface area contributed by atoms with Gasteiger partial charge in [0.15, 0.2) is 0 Å². The zero-order valence-corrected chi connectivity index (χ0v) is 37.6. The molecule has 0 spiro atoms. The molecule has 0 saturated heterocycles. The molecule has 9 heteroatoms. The molecule has 65 heavy (non-hydrogen) atoms. The monoisotopic (exact) mass is 853 g/mol. The topological polar surface area (TPSA) is 137 Å². The molecule has 0 radical (unpaired) electrons. The van der Waals surface area contributed by atoms with E-state index < -0.39 is 5.97 Å². The average molecular weight is 854 g/mol. The van der Waals surface area contributed by atoms with Gasteiger partial charge in [-0.1, -0.05) is 59.7 Å². The second-order valence-electron chi connectivity index (χ2n) is 16.7. The lowest BCUT2D eigenvalue weighted by Gasteiger charge is -2.14. The number of carboxylic acids is 1. The number of carboxylic acid groups (broad SMARTS) is 1. The standard InChI is InChI=1S/C56H47N5O4/c1-30-23-32(3)50(33(4)24-30)54-45-18-14-41(58-45)52(37-11-9-36(10-12-37)27-38(29-57)56(62)63)42-15-19-46(59-42)55(51-34(5)25-31(2)26-35(51)6)48-21-17-44(61-48)53(43-16-20-47(54)60-43)40-28-39(64-7)13-22-49(40)65-8/h9-28,58,61H,1-8H3,(H,62,63)/b38-27-,52-41?,52-42?,53-43?,53-44?,54-45?,54-47?,55-46?,55-48?. The summed E-state index contributed by atoms with van der Waals surface area (Å²) in [5.41, 5.74) is 21.0. The van der Waals surface area contributed by atoms with Gasteiger partial charge in [0.1, 0.15) is 23.1 Å². The number of hydrogen-bond donors (Lipinski definition) is 3. The Bertz CT molecular complexity index is 3350. The largest absolute Gasteiger partial charge is 0.497 e. The van der Waals surface area contributed by atoms with Gasteiger partial charge in [-0.15, -0.1) is 0 Å². The maximum Gasteiger partial charge on any atom is 0.346 e. The molecule has 0 atom stereocenters. The number of carbonyl (C=O) groups is 1. The van der Waals surface area contributed by atoms with Crippen molar-refractivity contribution in [3.8, 4) is 62.1 Å². The van der Waals surface area contributed by atoms with Crippen molar-refractivity contribution in [1.82, 2.24) is 19.9 Å². The number of H-pyrrole nitrogens is 2. The van der Waals surface area contributed by atoms with Crippen LogP contribution in [0.3, 0.4) is 0 Å². The quantitative estimate of drug-likeness (QED) is 0.102. The highest BCUT2D eigenvalue weighted by Gasteiger charge is 2.23. The molecule has 8 bridgehead atoms. The summed E-state index contributed by atoms with van der Waals surface area (Å²) in [5.74, 6) is 0.0894. The first-order valence-corrected chi connectivity index (χ1v) is 21.4. The Morgan fingerprint density at radius 3 is 1.46 bits per heavy atom. The molecule has 9 nitrogen and oxygen atoms in total. The molecule has 320 valence electrons. The minimum Gasteiger partial charge on any atom is -0.497 e. The van der Waals surface area contributed by atoms with E-state index in [0.29, 0.717) is 17.1 Å². The van der Waals surface area contributed by atoms with Crippen molar-refractivity contribution in [2.75, 3.05) is 14.2 Å². The lowest BCUT2D eigenvalue weighted by molar-refractivity contribution is -0.132. The van der Waals surface area contributed by atoms with Crippen LogP contribution < -0.4 is 9.47 Å². The number of fused-ring (bicyclic) bond motifs is 8. The first-order valence-electron chi connectivity index (χ1n) is 21.4. The molecule has 9 rings (SSSR count). The Morgan fingerprint density at radius 2 is 1.02 bits per heavy atom. The molecule has 7 aromatic rings. The van der Waals surface area contributed by atoms with E-state index in [2.05, 4.69) is 124 Å². The van der Waals surface area contributed by atoms with Gasteiger partial charge in [-0.25, -0.2) is 14.8 Å². The second-order valence-corrected chi connectivity index (χ2v) is 16.7. The predicted octanol–water partition coefficient (Wildman–Crippen LogP) is 13.2. The van der Waals surface area contributed by atoms with Gasteiger partial charge in [0.2, 0.25) is 0 Å². The molecular weight excluding hydrogens is 807 g/mol. The normalized spacial score (nSPS) is 12.1. The number of methoxy groups -OCH3 is 2. The zero-order valence-electron chi connectivity index (χ0n) is 37.6. The van der Waals surface area contributed by atoms with Crippen molar-refractivity contribution < 1.29 is 19.4 Å². The summed E-state index contributed by atoms with van der Waals surface area (Å²) in [7, 11) is 3.34. The molecule has 0 saturated carbocycles. The van der Waals surface area contributed by atoms with E-state index in [1.165, 1.54) is 17.2 Å². The van der Waals surface area contributed by atoms with Crippen LogP contribution in [0.2, 0.25) is 0 Å². The molecular formula is C56H47N5O4. The number of ether oxygens (including phenoxy) is 2. The third kappa shape index (κ3) is 7.70. The smallest absolute Gasteiger partial charge is 0.346 e. The predicted molar refractivity (Wildman–Crippen MR) is 263 cm³/mol. The highest BCUT2D eigenvalue weighted by molar-refractivity contribution is 6.02. The third-order valence-electron chi connectivity index (χ3n) is 12.1. The Morgan fingerprint density at radius 1 is 0.569 bits per heavy atom. The number of hydrogen-bond acceptors (Lipinski definition) is 6. The first kappa shape index (κ1) is 42.1. The molecule has 4 aromatic carbocycles. The summed E-state index contributed by atoms with van der Waals surface area (Å²) < 4.78 is 11.8. The molecule has 0 amide bonds. The zero-order chi connectivity index (χ0) is 45.7. The van der Waals surface area contributed by atoms with Gasteiger partial charge in [-0.05, 0) is 159 Å². The minimum atomic E-state index is -1.28. The molecule has 3 N–H and O–H groups in total. The molecule has 5 heterocycles. The summed E-state index contributed by atoms with van der Waals surface area (Å²) in [6.45, 7) is 12.8. The number of rotatable bonds is 8. The molecule has 0 unspecified atom stereocenters. The van der Waals surface area contributed by atoms with Gasteiger partial charge in [0, 0.05) is 49.9 Å². The molecule has 2 aliphatic heterocycles. The number of nitrogens with one attached hydrogen (secondary N) is 2. The number of aliphatic carboxylic acids is 1. The van der Waals surface area contributed by atoms with Crippen molar-refractivity contribution in [3.05, 3.63) is 158 Å². The number of nitriles is 1. The fraction of sp³-hybridized carbons (Fsp3) is 0.143. The fourth-order valence-corrected chi connectivity index (χ4v) is 9.53. The van der Waals surface area contributed by atoms with Crippen LogP contribution in [0.5, 0.6) is 11.5 Å². The van der Waals surface area contributed by atoms with Crippen molar-refractivity contribution in [2.24, 2.45) is 0 Å². The second kappa shape index (κ2) is 16.8. The summed E-state index contributed by atoms with van der Waals surface area (Å²) >= 11 is 0. The van der Waals surface area contributed by atoms with Crippen LogP contribution in [0.4, 0.5) is 0 Å². The Balaban J connectivity index is 1.48. The highest BCUT2D eigenvalue weighted by atomic mass is 16.5. The summed E-state index contributed by atoms with van der Waals surface area (Å²) in [5, 5.41) is 19.0. The van der Waals surface area contributed by atoms with Gasteiger partial charge in [-0.3, -0.25) is 0 Å². The number of nitrogens with zero attached hydrogens (tertiary/aromatic N) is 3. The van der Waals surface area contributed by atoms with Crippen LogP contribution in [-0.4, -0.2) is 45.2 Å². The van der Waals surface area contributed by atoms with E-state index in [1.54, 1.807) is 20.3 Å². The molecule has 0 aliphatic carbocycles. The summed E-state index contributed by atoms with van der Waals surface area (Å²) in [4.78, 5) is 30.4. The van der Waals surface area contributed by atoms with Crippen LogP contribution in [0.1, 0.15) is 61.7 Å². The van der Waals surface area contributed by atoms with Gasteiger partial charge >= 0.3 is 5.97 Å². The van der Waals surface area contributed by atoms with Crippen LogP contribution in [0.15, 0.2) is 96.6 Å². The number of aromatic amines is 2. The van der Waals surface area contributed by atoms with Gasteiger partial charge in [0.05, 0.1) is 37.0 Å². The van der Waals surface area contributed by atoms with Crippen molar-refractivity contribution >= 4 is 58.4 Å². The van der Waals surface area contributed by atoms with E-state index >= 15 is 0 Å². The average Bonchev–Trinajstić information content (AvgIpc) is 4.13. The lowest BCUT2D eigenvalue weighted by Crippen LogP contribution is -1.97. The molecule has 2 aliphatic rings.